The summed E-state index contributed by atoms with van der Waals surface area (Å²) in [6, 6.07) is 27.0. The van der Waals surface area contributed by atoms with Gasteiger partial charge in [0.25, 0.3) is 0 Å². The van der Waals surface area contributed by atoms with Crippen molar-refractivity contribution in [3.05, 3.63) is 101 Å². The van der Waals surface area contributed by atoms with Gasteiger partial charge in [0, 0.05) is 12.8 Å². The molecule has 0 bridgehead atoms. The normalized spacial score (nSPS) is 16.5. The molecule has 29 heavy (non-hydrogen) atoms. The number of esters is 1. The van der Waals surface area contributed by atoms with Gasteiger partial charge in [-0.2, -0.15) is 0 Å². The van der Waals surface area contributed by atoms with Gasteiger partial charge < -0.3 is 9.47 Å². The van der Waals surface area contributed by atoms with Crippen LogP contribution in [-0.2, 0) is 16.0 Å². The van der Waals surface area contributed by atoms with Gasteiger partial charge in [-0.05, 0) is 53.6 Å². The van der Waals surface area contributed by atoms with E-state index in [1.807, 2.05) is 42.5 Å². The smallest absolute Gasteiger partial charge is 0.302 e. The molecule has 3 heteroatoms. The van der Waals surface area contributed by atoms with E-state index >= 15 is 0 Å². The van der Waals surface area contributed by atoms with Crippen LogP contribution in [0.25, 0.3) is 0 Å². The first-order valence-corrected chi connectivity index (χ1v) is 10.2. The second-order valence-electron chi connectivity index (χ2n) is 7.53. The van der Waals surface area contributed by atoms with Gasteiger partial charge in [0.2, 0.25) is 0 Å². The van der Waals surface area contributed by atoms with E-state index in [4.69, 9.17) is 9.47 Å². The molecule has 1 aliphatic rings. The molecular weight excluding hydrogens is 360 g/mol. The van der Waals surface area contributed by atoms with Crippen LogP contribution < -0.4 is 4.74 Å². The Balaban J connectivity index is 1.52. The molecule has 0 amide bonds. The lowest BCUT2D eigenvalue weighted by Crippen LogP contribution is -2.16. The highest BCUT2D eigenvalue weighted by molar-refractivity contribution is 5.65. The van der Waals surface area contributed by atoms with Crippen LogP contribution in [-0.4, -0.2) is 12.6 Å². The second-order valence-corrected chi connectivity index (χ2v) is 7.53. The van der Waals surface area contributed by atoms with Crippen LogP contribution in [0.15, 0.2) is 78.9 Å². The SMILES string of the molecule is CC(=O)OCC(Oc1ccc(C2CCCc3ccccc32)cc1)c1ccccc1. The summed E-state index contributed by atoms with van der Waals surface area (Å²) in [5.41, 5.74) is 5.22. The topological polar surface area (TPSA) is 35.5 Å². The second kappa shape index (κ2) is 8.95. The Labute approximate surface area is 172 Å². The zero-order chi connectivity index (χ0) is 20.1. The number of aryl methyl sites for hydroxylation is 1. The van der Waals surface area contributed by atoms with Crippen molar-refractivity contribution in [2.75, 3.05) is 6.61 Å². The minimum absolute atomic E-state index is 0.192. The lowest BCUT2D eigenvalue weighted by atomic mass is 9.79. The van der Waals surface area contributed by atoms with Crippen molar-refractivity contribution in [2.24, 2.45) is 0 Å². The number of hydrogen-bond acceptors (Lipinski definition) is 3. The molecule has 0 fully saturated rings. The van der Waals surface area contributed by atoms with Gasteiger partial charge in [-0.15, -0.1) is 0 Å². The van der Waals surface area contributed by atoms with Gasteiger partial charge in [-0.3, -0.25) is 4.79 Å². The summed E-state index contributed by atoms with van der Waals surface area (Å²) in [5.74, 6) is 0.916. The highest BCUT2D eigenvalue weighted by Gasteiger charge is 2.21. The zero-order valence-corrected chi connectivity index (χ0v) is 16.7. The number of fused-ring (bicyclic) bond motifs is 1. The molecule has 3 aromatic rings. The molecule has 148 valence electrons. The summed E-state index contributed by atoms with van der Waals surface area (Å²) in [4.78, 5) is 11.3. The average molecular weight is 386 g/mol. The fraction of sp³-hybridized carbons (Fsp3) is 0.269. The first-order valence-electron chi connectivity index (χ1n) is 10.2. The molecule has 4 rings (SSSR count). The molecule has 2 unspecified atom stereocenters. The first-order chi connectivity index (χ1) is 14.2. The monoisotopic (exact) mass is 386 g/mol. The maximum atomic E-state index is 11.3. The maximum absolute atomic E-state index is 11.3. The van der Waals surface area contributed by atoms with Gasteiger partial charge in [0.05, 0.1) is 0 Å². The van der Waals surface area contributed by atoms with Crippen molar-refractivity contribution < 1.29 is 14.3 Å². The van der Waals surface area contributed by atoms with Crippen LogP contribution in [0, 0.1) is 0 Å². The van der Waals surface area contributed by atoms with E-state index in [9.17, 15) is 4.79 Å². The van der Waals surface area contributed by atoms with Crippen LogP contribution >= 0.6 is 0 Å². The van der Waals surface area contributed by atoms with Gasteiger partial charge in [-0.1, -0.05) is 66.7 Å². The number of hydrogen-bond donors (Lipinski definition) is 0. The Morgan fingerprint density at radius 1 is 0.966 bits per heavy atom. The van der Waals surface area contributed by atoms with Crippen LogP contribution in [0.4, 0.5) is 0 Å². The Bertz CT molecular complexity index is 947. The molecule has 3 nitrogen and oxygen atoms in total. The fourth-order valence-electron chi connectivity index (χ4n) is 4.10. The lowest BCUT2D eigenvalue weighted by Gasteiger charge is -2.26. The lowest BCUT2D eigenvalue weighted by molar-refractivity contribution is -0.143. The predicted molar refractivity (Wildman–Crippen MR) is 114 cm³/mol. The van der Waals surface area contributed by atoms with E-state index in [1.165, 1.54) is 42.9 Å². The molecule has 0 spiro atoms. The Hall–Kier alpha value is -3.07. The molecule has 2 atom stereocenters. The molecule has 0 saturated heterocycles. The zero-order valence-electron chi connectivity index (χ0n) is 16.7. The van der Waals surface area contributed by atoms with E-state index in [0.717, 1.165) is 11.3 Å². The van der Waals surface area contributed by atoms with E-state index < -0.39 is 0 Å². The summed E-state index contributed by atoms with van der Waals surface area (Å²) in [7, 11) is 0. The molecule has 0 saturated carbocycles. The molecule has 0 aliphatic heterocycles. The molecule has 0 aromatic heterocycles. The van der Waals surface area contributed by atoms with Gasteiger partial charge in [0.15, 0.2) is 6.10 Å². The molecule has 1 aliphatic carbocycles. The summed E-state index contributed by atoms with van der Waals surface area (Å²) in [5, 5.41) is 0. The third kappa shape index (κ3) is 4.68. The first kappa shape index (κ1) is 19.3. The van der Waals surface area contributed by atoms with Crippen LogP contribution in [0.3, 0.4) is 0 Å². The van der Waals surface area contributed by atoms with E-state index in [-0.39, 0.29) is 18.7 Å². The predicted octanol–water partition coefficient (Wildman–Crippen LogP) is 5.84. The highest BCUT2D eigenvalue weighted by Crippen LogP contribution is 2.37. The minimum Gasteiger partial charge on any atom is -0.482 e. The van der Waals surface area contributed by atoms with Gasteiger partial charge >= 0.3 is 5.97 Å². The van der Waals surface area contributed by atoms with Crippen LogP contribution in [0.5, 0.6) is 5.75 Å². The van der Waals surface area contributed by atoms with Crippen molar-refractivity contribution in [3.8, 4) is 5.75 Å². The average Bonchev–Trinajstić information content (AvgIpc) is 2.77. The quantitative estimate of drug-likeness (QED) is 0.499. The maximum Gasteiger partial charge on any atom is 0.302 e. The molecule has 0 radical (unpaired) electrons. The van der Waals surface area contributed by atoms with E-state index in [0.29, 0.717) is 5.92 Å². The summed E-state index contributed by atoms with van der Waals surface area (Å²) >= 11 is 0. The van der Waals surface area contributed by atoms with Gasteiger partial charge in [0.1, 0.15) is 12.4 Å². The summed E-state index contributed by atoms with van der Waals surface area (Å²) in [6.45, 7) is 1.61. The van der Waals surface area contributed by atoms with E-state index in [2.05, 4.69) is 36.4 Å². The number of ether oxygens (including phenoxy) is 2. The Morgan fingerprint density at radius 2 is 1.69 bits per heavy atom. The number of benzene rings is 3. The molecule has 3 aromatic carbocycles. The third-order valence-corrected chi connectivity index (χ3v) is 5.54. The highest BCUT2D eigenvalue weighted by atomic mass is 16.6. The Morgan fingerprint density at radius 3 is 2.45 bits per heavy atom. The molecular formula is C26H26O3. The van der Waals surface area contributed by atoms with Crippen molar-refractivity contribution in [3.63, 3.8) is 0 Å². The van der Waals surface area contributed by atoms with Crippen molar-refractivity contribution >= 4 is 5.97 Å². The molecule has 0 N–H and O–H groups in total. The largest absolute Gasteiger partial charge is 0.482 e. The Kier molecular flexibility index (Phi) is 5.95. The van der Waals surface area contributed by atoms with Crippen LogP contribution in [0.1, 0.15) is 54.0 Å². The minimum atomic E-state index is -0.332. The molecule has 0 heterocycles. The van der Waals surface area contributed by atoms with Gasteiger partial charge in [-0.25, -0.2) is 0 Å². The van der Waals surface area contributed by atoms with Crippen LogP contribution in [0.2, 0.25) is 0 Å². The summed E-state index contributed by atoms with van der Waals surface area (Å²) in [6.07, 6.45) is 3.23. The fourth-order valence-corrected chi connectivity index (χ4v) is 4.10. The van der Waals surface area contributed by atoms with E-state index in [1.54, 1.807) is 0 Å². The standard InChI is InChI=1S/C26H26O3/c1-19(27)28-18-26(22-9-3-2-4-10-22)29-23-16-14-21(15-17-23)25-13-7-11-20-8-5-6-12-24(20)25/h2-6,8-10,12,14-17,25-26H,7,11,13,18H2,1H3. The van der Waals surface area contributed by atoms with Crippen molar-refractivity contribution in [1.29, 1.82) is 0 Å². The summed E-state index contributed by atoms with van der Waals surface area (Å²) < 4.78 is 11.4. The number of rotatable bonds is 6. The van der Waals surface area contributed by atoms with Crippen molar-refractivity contribution in [1.82, 2.24) is 0 Å². The third-order valence-electron chi connectivity index (χ3n) is 5.54. The van der Waals surface area contributed by atoms with Crippen molar-refractivity contribution in [2.45, 2.75) is 38.2 Å². The number of carbonyl (C=O) groups is 1. The number of carbonyl (C=O) groups excluding carboxylic acids is 1.